The highest BCUT2D eigenvalue weighted by atomic mass is 32.2. The summed E-state index contributed by atoms with van der Waals surface area (Å²) in [5.74, 6) is -2.11. The van der Waals surface area contributed by atoms with Gasteiger partial charge in [-0.1, -0.05) is 6.07 Å². The molecular weight excluding hydrogens is 183 g/mol. The minimum atomic E-state index is -3.61. The molecule has 0 spiro atoms. The molecule has 1 rings (SSSR count). The van der Waals surface area contributed by atoms with E-state index in [1.807, 2.05) is 0 Å². The van der Waals surface area contributed by atoms with E-state index in [-0.39, 0.29) is 0 Å². The Labute approximate surface area is 69.4 Å². The molecule has 0 aromatic heterocycles. The molecule has 1 aromatic rings. The van der Waals surface area contributed by atoms with Gasteiger partial charge in [-0.25, -0.2) is 12.8 Å². The van der Waals surface area contributed by atoms with Crippen molar-refractivity contribution in [3.63, 3.8) is 0 Å². The van der Waals surface area contributed by atoms with Crippen molar-refractivity contribution < 1.29 is 17.9 Å². The van der Waals surface area contributed by atoms with Gasteiger partial charge in [0.25, 0.3) is 0 Å². The van der Waals surface area contributed by atoms with Gasteiger partial charge < -0.3 is 0 Å². The lowest BCUT2D eigenvalue weighted by atomic mass is 10.3. The minimum absolute atomic E-state index is 0.498. The van der Waals surface area contributed by atoms with Crippen LogP contribution in [0.25, 0.3) is 0 Å². The summed E-state index contributed by atoms with van der Waals surface area (Å²) in [7, 11) is -3.61. The highest BCUT2D eigenvalue weighted by Crippen LogP contribution is 2.25. The molecular formula is C7H6FO3S. The Morgan fingerprint density at radius 1 is 1.33 bits per heavy atom. The first-order valence-electron chi connectivity index (χ1n) is 3.08. The summed E-state index contributed by atoms with van der Waals surface area (Å²) >= 11 is 0. The van der Waals surface area contributed by atoms with Crippen LogP contribution in [0.1, 0.15) is 0 Å². The maximum atomic E-state index is 12.5. The molecule has 3 nitrogen and oxygen atoms in total. The van der Waals surface area contributed by atoms with Crippen molar-refractivity contribution in [1.82, 2.24) is 0 Å². The van der Waals surface area contributed by atoms with E-state index >= 15 is 0 Å². The second kappa shape index (κ2) is 2.75. The molecule has 0 N–H and O–H groups in total. The molecule has 0 bridgehead atoms. The molecule has 0 saturated carbocycles. The number of rotatable bonds is 1. The fourth-order valence-electron chi connectivity index (χ4n) is 0.781. The van der Waals surface area contributed by atoms with Gasteiger partial charge in [-0.05, 0) is 12.1 Å². The van der Waals surface area contributed by atoms with Crippen LogP contribution < -0.4 is 0 Å². The van der Waals surface area contributed by atoms with Gasteiger partial charge in [0, 0.05) is 6.26 Å². The number of benzene rings is 1. The average Bonchev–Trinajstić information content (AvgIpc) is 1.92. The van der Waals surface area contributed by atoms with Crippen molar-refractivity contribution in [2.24, 2.45) is 0 Å². The Morgan fingerprint density at radius 3 is 2.33 bits per heavy atom. The smallest absolute Gasteiger partial charge is 0.232 e. The SMILES string of the molecule is CS(=O)(=O)c1cccc(F)c1[O]. The molecule has 0 unspecified atom stereocenters. The maximum absolute atomic E-state index is 12.5. The van der Waals surface area contributed by atoms with E-state index in [0.717, 1.165) is 18.4 Å². The Balaban J connectivity index is 3.47. The molecule has 65 valence electrons. The van der Waals surface area contributed by atoms with Gasteiger partial charge in [0.2, 0.25) is 5.75 Å². The van der Waals surface area contributed by atoms with Crippen LogP contribution in [0, 0.1) is 5.82 Å². The number of para-hydroxylation sites is 1. The standard InChI is InChI=1S/C7H6FO3S/c1-12(10,11)6-4-2-3-5(8)7(6)9/h2-4H,1H3. The summed E-state index contributed by atoms with van der Waals surface area (Å²) in [6.07, 6.45) is 0.864. The second-order valence-corrected chi connectivity index (χ2v) is 4.32. The molecule has 0 aliphatic carbocycles. The Kier molecular flexibility index (Phi) is 2.06. The van der Waals surface area contributed by atoms with E-state index < -0.39 is 26.3 Å². The molecule has 0 aliphatic heterocycles. The van der Waals surface area contributed by atoms with Gasteiger partial charge in [0.15, 0.2) is 15.7 Å². The van der Waals surface area contributed by atoms with E-state index in [1.54, 1.807) is 0 Å². The average molecular weight is 189 g/mol. The van der Waals surface area contributed by atoms with Crippen LogP contribution in [0.5, 0.6) is 5.75 Å². The normalized spacial score (nSPS) is 11.5. The van der Waals surface area contributed by atoms with Crippen molar-refractivity contribution >= 4 is 9.84 Å². The van der Waals surface area contributed by atoms with Crippen molar-refractivity contribution in [2.75, 3.05) is 6.26 Å². The van der Waals surface area contributed by atoms with Crippen molar-refractivity contribution in [3.8, 4) is 5.75 Å². The molecule has 1 aromatic carbocycles. The third kappa shape index (κ3) is 1.55. The summed E-state index contributed by atoms with van der Waals surface area (Å²) in [4.78, 5) is -0.498. The van der Waals surface area contributed by atoms with Crippen molar-refractivity contribution in [3.05, 3.63) is 24.0 Å². The molecule has 1 radical (unpaired) electrons. The summed E-state index contributed by atoms with van der Waals surface area (Å²) in [5, 5.41) is 10.9. The molecule has 0 heterocycles. The fraction of sp³-hybridized carbons (Fsp3) is 0.143. The van der Waals surface area contributed by atoms with E-state index in [0.29, 0.717) is 0 Å². The lowest BCUT2D eigenvalue weighted by molar-refractivity contribution is 0.318. The highest BCUT2D eigenvalue weighted by Gasteiger charge is 2.17. The molecule has 0 aliphatic rings. The largest absolute Gasteiger partial charge is 0.285 e. The third-order valence-corrected chi connectivity index (χ3v) is 2.45. The predicted octanol–water partition coefficient (Wildman–Crippen LogP) is 1.37. The van der Waals surface area contributed by atoms with E-state index in [1.165, 1.54) is 6.07 Å². The molecule has 0 fully saturated rings. The van der Waals surface area contributed by atoms with Crippen LogP contribution in [-0.2, 0) is 14.9 Å². The number of sulfone groups is 1. The monoisotopic (exact) mass is 189 g/mol. The van der Waals surface area contributed by atoms with E-state index in [2.05, 4.69) is 0 Å². The topological polar surface area (TPSA) is 54.0 Å². The lowest BCUT2D eigenvalue weighted by Crippen LogP contribution is -1.97. The van der Waals surface area contributed by atoms with Gasteiger partial charge >= 0.3 is 0 Å². The van der Waals surface area contributed by atoms with Crippen LogP contribution in [0.2, 0.25) is 0 Å². The van der Waals surface area contributed by atoms with Crippen LogP contribution >= 0.6 is 0 Å². The zero-order valence-electron chi connectivity index (χ0n) is 6.24. The molecule has 12 heavy (non-hydrogen) atoms. The third-order valence-electron chi connectivity index (χ3n) is 1.33. The second-order valence-electron chi connectivity index (χ2n) is 2.34. The predicted molar refractivity (Wildman–Crippen MR) is 39.6 cm³/mol. The molecule has 5 heteroatoms. The van der Waals surface area contributed by atoms with Crippen LogP contribution in [-0.4, -0.2) is 14.7 Å². The first-order valence-corrected chi connectivity index (χ1v) is 4.97. The zero-order chi connectivity index (χ0) is 9.35. The summed E-state index contributed by atoms with van der Waals surface area (Å²) < 4.78 is 34.2. The van der Waals surface area contributed by atoms with Gasteiger partial charge in [-0.3, -0.25) is 5.11 Å². The highest BCUT2D eigenvalue weighted by molar-refractivity contribution is 7.90. The van der Waals surface area contributed by atoms with Gasteiger partial charge in [-0.15, -0.1) is 0 Å². The Bertz CT molecular complexity index is 397. The van der Waals surface area contributed by atoms with E-state index in [4.69, 9.17) is 0 Å². The van der Waals surface area contributed by atoms with Crippen LogP contribution in [0.3, 0.4) is 0 Å². The van der Waals surface area contributed by atoms with Gasteiger partial charge in [-0.2, -0.15) is 0 Å². The zero-order valence-corrected chi connectivity index (χ0v) is 7.06. The fourth-order valence-corrected chi connectivity index (χ4v) is 1.54. The summed E-state index contributed by atoms with van der Waals surface area (Å²) in [6.45, 7) is 0. The molecule has 0 amide bonds. The number of halogens is 1. The summed E-state index contributed by atoms with van der Waals surface area (Å²) in [5.41, 5.74) is 0. The Hall–Kier alpha value is -1.10. The van der Waals surface area contributed by atoms with Gasteiger partial charge in [0.1, 0.15) is 4.90 Å². The van der Waals surface area contributed by atoms with Crippen LogP contribution in [0.4, 0.5) is 4.39 Å². The number of hydrogen-bond donors (Lipinski definition) is 0. The van der Waals surface area contributed by atoms with Crippen molar-refractivity contribution in [2.45, 2.75) is 4.90 Å². The summed E-state index contributed by atoms with van der Waals surface area (Å²) in [6, 6.07) is 3.20. The first kappa shape index (κ1) is 8.99. The molecule has 0 saturated heterocycles. The minimum Gasteiger partial charge on any atom is -0.285 e. The van der Waals surface area contributed by atoms with Crippen LogP contribution in [0.15, 0.2) is 23.1 Å². The maximum Gasteiger partial charge on any atom is 0.232 e. The van der Waals surface area contributed by atoms with E-state index in [9.17, 15) is 17.9 Å². The Morgan fingerprint density at radius 2 is 1.92 bits per heavy atom. The lowest BCUT2D eigenvalue weighted by Gasteiger charge is -1.98. The quantitative estimate of drug-likeness (QED) is 0.670. The first-order chi connectivity index (χ1) is 5.43. The number of hydrogen-bond acceptors (Lipinski definition) is 2. The molecule has 0 atom stereocenters. The van der Waals surface area contributed by atoms with Gasteiger partial charge in [0.05, 0.1) is 0 Å². The van der Waals surface area contributed by atoms with Crippen molar-refractivity contribution in [1.29, 1.82) is 0 Å².